The SMILES string of the molecule is CC(CNC(=O)CCF)CN(C)C(=O)c1ccc2c(c1)OCC(=O)N2. The van der Waals surface area contributed by atoms with Gasteiger partial charge in [-0.05, 0) is 24.1 Å². The number of hydrogen-bond donors (Lipinski definition) is 2. The highest BCUT2D eigenvalue weighted by Gasteiger charge is 2.20. The molecule has 0 fully saturated rings. The van der Waals surface area contributed by atoms with Crippen LogP contribution in [0.3, 0.4) is 0 Å². The summed E-state index contributed by atoms with van der Waals surface area (Å²) in [4.78, 5) is 36.6. The standard InChI is InChI=1S/C17H22FN3O4/c1-11(8-19-15(22)5-6-18)9-21(2)17(24)12-3-4-13-14(7-12)25-10-16(23)20-13/h3-4,7,11H,5-6,8-10H2,1-2H3,(H,19,22)(H,20,23). The summed E-state index contributed by atoms with van der Waals surface area (Å²) in [5.74, 6) is -0.272. The lowest BCUT2D eigenvalue weighted by Crippen LogP contribution is -2.36. The summed E-state index contributed by atoms with van der Waals surface area (Å²) < 4.78 is 17.4. The second kappa shape index (κ2) is 8.46. The normalized spacial score (nSPS) is 14.0. The smallest absolute Gasteiger partial charge is 0.262 e. The van der Waals surface area contributed by atoms with Gasteiger partial charge in [0.2, 0.25) is 5.91 Å². The van der Waals surface area contributed by atoms with E-state index in [1.165, 1.54) is 0 Å². The first-order chi connectivity index (χ1) is 11.9. The number of amides is 3. The van der Waals surface area contributed by atoms with Crippen molar-refractivity contribution in [1.82, 2.24) is 10.2 Å². The van der Waals surface area contributed by atoms with Gasteiger partial charge in [0.05, 0.1) is 18.8 Å². The Morgan fingerprint density at radius 3 is 2.92 bits per heavy atom. The minimum absolute atomic E-state index is 0.0191. The average molecular weight is 351 g/mol. The number of benzene rings is 1. The third kappa shape index (κ3) is 5.17. The van der Waals surface area contributed by atoms with Crippen LogP contribution in [-0.4, -0.2) is 56.0 Å². The number of alkyl halides is 1. The number of hydrogen-bond acceptors (Lipinski definition) is 4. The van der Waals surface area contributed by atoms with Gasteiger partial charge in [0.1, 0.15) is 5.75 Å². The predicted octanol–water partition coefficient (Wildman–Crippen LogP) is 1.20. The van der Waals surface area contributed by atoms with Crippen LogP contribution in [0.1, 0.15) is 23.7 Å². The maximum absolute atomic E-state index is 12.5. The molecular formula is C17H22FN3O4. The van der Waals surface area contributed by atoms with Crippen molar-refractivity contribution in [3.05, 3.63) is 23.8 Å². The molecule has 2 rings (SSSR count). The topological polar surface area (TPSA) is 87.7 Å². The summed E-state index contributed by atoms with van der Waals surface area (Å²) in [5.41, 5.74) is 0.991. The van der Waals surface area contributed by atoms with Crippen molar-refractivity contribution in [1.29, 1.82) is 0 Å². The van der Waals surface area contributed by atoms with Crippen molar-refractivity contribution in [2.75, 3.05) is 38.7 Å². The molecule has 0 aliphatic carbocycles. The number of fused-ring (bicyclic) bond motifs is 1. The van der Waals surface area contributed by atoms with Crippen LogP contribution >= 0.6 is 0 Å². The molecule has 0 spiro atoms. The van der Waals surface area contributed by atoms with Gasteiger partial charge in [-0.3, -0.25) is 18.8 Å². The van der Waals surface area contributed by atoms with Crippen molar-refractivity contribution in [3.63, 3.8) is 0 Å². The molecule has 1 unspecified atom stereocenters. The Bertz CT molecular complexity index is 665. The fraction of sp³-hybridized carbons (Fsp3) is 0.471. The second-order valence-electron chi connectivity index (χ2n) is 6.08. The van der Waals surface area contributed by atoms with Crippen LogP contribution in [0.25, 0.3) is 0 Å². The van der Waals surface area contributed by atoms with Gasteiger partial charge in [0.15, 0.2) is 6.61 Å². The lowest BCUT2D eigenvalue weighted by Gasteiger charge is -2.23. The summed E-state index contributed by atoms with van der Waals surface area (Å²) in [6, 6.07) is 4.86. The largest absolute Gasteiger partial charge is 0.482 e. The number of carbonyl (C=O) groups excluding carboxylic acids is 3. The molecule has 1 heterocycles. The van der Waals surface area contributed by atoms with Gasteiger partial charge in [0.25, 0.3) is 11.8 Å². The van der Waals surface area contributed by atoms with Gasteiger partial charge in [-0.2, -0.15) is 0 Å². The van der Waals surface area contributed by atoms with Crippen molar-refractivity contribution in [2.24, 2.45) is 5.92 Å². The molecule has 0 aromatic heterocycles. The molecule has 1 atom stereocenters. The van der Waals surface area contributed by atoms with Crippen molar-refractivity contribution < 1.29 is 23.5 Å². The number of nitrogens with one attached hydrogen (secondary N) is 2. The van der Waals surface area contributed by atoms with E-state index in [-0.39, 0.29) is 36.7 Å². The zero-order chi connectivity index (χ0) is 18.4. The van der Waals surface area contributed by atoms with Gasteiger partial charge in [0, 0.05) is 25.7 Å². The fourth-order valence-corrected chi connectivity index (χ4v) is 2.51. The summed E-state index contributed by atoms with van der Waals surface area (Å²) in [5, 5.41) is 5.30. The summed E-state index contributed by atoms with van der Waals surface area (Å²) in [6.45, 7) is 1.94. The van der Waals surface area contributed by atoms with Crippen LogP contribution in [0.4, 0.5) is 10.1 Å². The highest BCUT2D eigenvalue weighted by molar-refractivity contribution is 5.98. The first-order valence-corrected chi connectivity index (χ1v) is 8.05. The highest BCUT2D eigenvalue weighted by Crippen LogP contribution is 2.28. The van der Waals surface area contributed by atoms with E-state index >= 15 is 0 Å². The number of anilines is 1. The Labute approximate surface area is 145 Å². The maximum Gasteiger partial charge on any atom is 0.262 e. The number of halogens is 1. The molecule has 25 heavy (non-hydrogen) atoms. The van der Waals surface area contributed by atoms with E-state index in [9.17, 15) is 18.8 Å². The van der Waals surface area contributed by atoms with E-state index in [1.54, 1.807) is 30.1 Å². The molecule has 1 aromatic carbocycles. The molecule has 0 radical (unpaired) electrons. The highest BCUT2D eigenvalue weighted by atomic mass is 19.1. The van der Waals surface area contributed by atoms with Gasteiger partial charge in [-0.15, -0.1) is 0 Å². The molecule has 136 valence electrons. The van der Waals surface area contributed by atoms with E-state index in [2.05, 4.69) is 10.6 Å². The molecule has 7 nitrogen and oxygen atoms in total. The van der Waals surface area contributed by atoms with Crippen molar-refractivity contribution in [3.8, 4) is 5.75 Å². The quantitative estimate of drug-likeness (QED) is 0.773. The lowest BCUT2D eigenvalue weighted by molar-refractivity contribution is -0.121. The number of rotatable bonds is 7. The molecule has 0 saturated heterocycles. The van der Waals surface area contributed by atoms with Crippen LogP contribution in [-0.2, 0) is 9.59 Å². The minimum atomic E-state index is -0.681. The Hall–Kier alpha value is -2.64. The summed E-state index contributed by atoms with van der Waals surface area (Å²) in [7, 11) is 1.67. The number of nitrogens with zero attached hydrogens (tertiary/aromatic N) is 1. The van der Waals surface area contributed by atoms with Crippen LogP contribution in [0.15, 0.2) is 18.2 Å². The summed E-state index contributed by atoms with van der Waals surface area (Å²) in [6.07, 6.45) is -0.146. The van der Waals surface area contributed by atoms with Crippen molar-refractivity contribution >= 4 is 23.4 Å². The molecule has 8 heteroatoms. The zero-order valence-electron chi connectivity index (χ0n) is 14.3. The monoisotopic (exact) mass is 351 g/mol. The Balaban J connectivity index is 1.91. The Morgan fingerprint density at radius 2 is 2.20 bits per heavy atom. The van der Waals surface area contributed by atoms with Gasteiger partial charge in [-0.25, -0.2) is 0 Å². The van der Waals surface area contributed by atoms with E-state index < -0.39 is 6.67 Å². The van der Waals surface area contributed by atoms with Crippen LogP contribution < -0.4 is 15.4 Å². The molecular weight excluding hydrogens is 329 g/mol. The second-order valence-corrected chi connectivity index (χ2v) is 6.08. The molecule has 3 amide bonds. The Morgan fingerprint density at radius 1 is 1.44 bits per heavy atom. The molecule has 0 bridgehead atoms. The van der Waals surface area contributed by atoms with Gasteiger partial charge < -0.3 is 20.3 Å². The van der Waals surface area contributed by atoms with Crippen LogP contribution in [0, 0.1) is 5.92 Å². The zero-order valence-corrected chi connectivity index (χ0v) is 14.3. The molecule has 1 aliphatic rings. The fourth-order valence-electron chi connectivity index (χ4n) is 2.51. The molecule has 0 saturated carbocycles. The molecule has 1 aromatic rings. The average Bonchev–Trinajstić information content (AvgIpc) is 2.59. The number of carbonyl (C=O) groups is 3. The lowest BCUT2D eigenvalue weighted by atomic mass is 10.1. The number of ether oxygens (including phenoxy) is 1. The van der Waals surface area contributed by atoms with E-state index in [0.717, 1.165) is 0 Å². The van der Waals surface area contributed by atoms with E-state index in [0.29, 0.717) is 30.1 Å². The molecule has 2 N–H and O–H groups in total. The molecule has 1 aliphatic heterocycles. The Kier molecular flexibility index (Phi) is 6.32. The first kappa shape index (κ1) is 18.7. The predicted molar refractivity (Wildman–Crippen MR) is 90.3 cm³/mol. The summed E-state index contributed by atoms with van der Waals surface area (Å²) >= 11 is 0. The minimum Gasteiger partial charge on any atom is -0.482 e. The van der Waals surface area contributed by atoms with Gasteiger partial charge >= 0.3 is 0 Å². The van der Waals surface area contributed by atoms with E-state index in [4.69, 9.17) is 4.74 Å². The van der Waals surface area contributed by atoms with Crippen molar-refractivity contribution in [2.45, 2.75) is 13.3 Å². The van der Waals surface area contributed by atoms with Gasteiger partial charge in [-0.1, -0.05) is 6.92 Å². The van der Waals surface area contributed by atoms with Crippen LogP contribution in [0.5, 0.6) is 5.75 Å². The van der Waals surface area contributed by atoms with E-state index in [1.807, 2.05) is 6.92 Å². The van der Waals surface area contributed by atoms with Crippen LogP contribution in [0.2, 0.25) is 0 Å². The third-order valence-electron chi connectivity index (χ3n) is 3.76. The maximum atomic E-state index is 12.5. The first-order valence-electron chi connectivity index (χ1n) is 8.05. The third-order valence-corrected chi connectivity index (χ3v) is 3.76.